The first-order valence-corrected chi connectivity index (χ1v) is 10.4. The SMILES string of the molecule is N#C[C@@]1(C2CC2)CCN(c2ccnc(Nc3ccc(C4=CCOCC4)cn3)c2)C1=O. The molecule has 4 heterocycles. The molecule has 0 spiro atoms. The minimum atomic E-state index is -0.840. The zero-order chi connectivity index (χ0) is 20.6. The molecular weight excluding hydrogens is 378 g/mol. The van der Waals surface area contributed by atoms with Crippen LogP contribution in [-0.2, 0) is 9.53 Å². The van der Waals surface area contributed by atoms with Crippen LogP contribution in [0.15, 0.2) is 42.7 Å². The molecule has 0 aromatic carbocycles. The predicted octanol–water partition coefficient (Wildman–Crippen LogP) is 3.68. The van der Waals surface area contributed by atoms with Crippen molar-refractivity contribution < 1.29 is 9.53 Å². The first-order valence-electron chi connectivity index (χ1n) is 10.4. The van der Waals surface area contributed by atoms with Crippen molar-refractivity contribution in [2.24, 2.45) is 11.3 Å². The molecule has 7 heteroatoms. The van der Waals surface area contributed by atoms with Gasteiger partial charge in [0.15, 0.2) is 0 Å². The summed E-state index contributed by atoms with van der Waals surface area (Å²) >= 11 is 0. The van der Waals surface area contributed by atoms with E-state index < -0.39 is 5.41 Å². The van der Waals surface area contributed by atoms with Gasteiger partial charge in [0.2, 0.25) is 5.91 Å². The molecule has 2 aliphatic heterocycles. The van der Waals surface area contributed by atoms with Crippen LogP contribution in [0.5, 0.6) is 0 Å². The number of carbonyl (C=O) groups excluding carboxylic acids is 1. The molecule has 7 nitrogen and oxygen atoms in total. The number of hydrogen-bond donors (Lipinski definition) is 1. The molecule has 0 bridgehead atoms. The maximum atomic E-state index is 13.0. The average Bonchev–Trinajstić information content (AvgIpc) is 3.59. The Morgan fingerprint density at radius 3 is 2.83 bits per heavy atom. The van der Waals surface area contributed by atoms with Crippen molar-refractivity contribution >= 4 is 28.8 Å². The topological polar surface area (TPSA) is 91.1 Å². The Bertz CT molecular complexity index is 1040. The van der Waals surface area contributed by atoms with Crippen LogP contribution in [0, 0.1) is 22.7 Å². The monoisotopic (exact) mass is 401 g/mol. The molecule has 2 aromatic rings. The highest BCUT2D eigenvalue weighted by atomic mass is 16.5. The van der Waals surface area contributed by atoms with E-state index in [4.69, 9.17) is 4.74 Å². The van der Waals surface area contributed by atoms with Crippen LogP contribution in [0.2, 0.25) is 0 Å². The predicted molar refractivity (Wildman–Crippen MR) is 113 cm³/mol. The van der Waals surface area contributed by atoms with Crippen LogP contribution in [0.1, 0.15) is 31.2 Å². The zero-order valence-corrected chi connectivity index (χ0v) is 16.7. The second-order valence-corrected chi connectivity index (χ2v) is 8.07. The summed E-state index contributed by atoms with van der Waals surface area (Å²) in [6, 6.07) is 9.95. The summed E-state index contributed by atoms with van der Waals surface area (Å²) in [7, 11) is 0. The van der Waals surface area contributed by atoms with Crippen LogP contribution in [-0.4, -0.2) is 35.6 Å². The zero-order valence-electron chi connectivity index (χ0n) is 16.7. The second-order valence-electron chi connectivity index (χ2n) is 8.07. The molecule has 2 fully saturated rings. The molecule has 1 N–H and O–H groups in total. The van der Waals surface area contributed by atoms with Gasteiger partial charge in [-0.15, -0.1) is 0 Å². The minimum Gasteiger partial charge on any atom is -0.377 e. The highest BCUT2D eigenvalue weighted by Gasteiger charge is 2.56. The number of hydrogen-bond acceptors (Lipinski definition) is 6. The van der Waals surface area contributed by atoms with E-state index in [1.165, 1.54) is 5.57 Å². The fourth-order valence-electron chi connectivity index (χ4n) is 4.37. The molecule has 1 atom stereocenters. The lowest BCUT2D eigenvalue weighted by molar-refractivity contribution is -0.123. The maximum Gasteiger partial charge on any atom is 0.247 e. The van der Waals surface area contributed by atoms with Gasteiger partial charge in [-0.2, -0.15) is 5.26 Å². The molecule has 152 valence electrons. The summed E-state index contributed by atoms with van der Waals surface area (Å²) in [4.78, 5) is 23.6. The number of nitrogens with one attached hydrogen (secondary N) is 1. The van der Waals surface area contributed by atoms with Crippen molar-refractivity contribution in [1.82, 2.24) is 9.97 Å². The van der Waals surface area contributed by atoms with Gasteiger partial charge in [-0.05, 0) is 60.9 Å². The van der Waals surface area contributed by atoms with Gasteiger partial charge >= 0.3 is 0 Å². The standard InChI is InChI=1S/C23H23N5O2/c24-15-23(18-2-3-18)8-10-28(22(23)29)19-5-9-25-21(13-19)27-20-4-1-17(14-26-20)16-6-11-30-12-7-16/h1,4-6,9,13-14,18H,2-3,7-8,10-12H2,(H,25,26,27)/t23-/m1/s1. The summed E-state index contributed by atoms with van der Waals surface area (Å²) in [5.74, 6) is 1.45. The summed E-state index contributed by atoms with van der Waals surface area (Å²) in [6.07, 6.45) is 9.06. The van der Waals surface area contributed by atoms with Gasteiger partial charge in [0, 0.05) is 30.7 Å². The van der Waals surface area contributed by atoms with Crippen molar-refractivity contribution in [2.45, 2.75) is 25.7 Å². The van der Waals surface area contributed by atoms with Gasteiger partial charge in [0.05, 0.1) is 19.3 Å². The molecule has 1 saturated carbocycles. The third-order valence-electron chi connectivity index (χ3n) is 6.24. The molecule has 5 rings (SSSR count). The lowest BCUT2D eigenvalue weighted by Crippen LogP contribution is -2.35. The van der Waals surface area contributed by atoms with E-state index in [1.54, 1.807) is 11.1 Å². The number of pyridine rings is 2. The number of anilines is 3. The van der Waals surface area contributed by atoms with Crippen molar-refractivity contribution in [3.8, 4) is 6.07 Å². The summed E-state index contributed by atoms with van der Waals surface area (Å²) in [6.45, 7) is 1.96. The number of rotatable bonds is 5. The number of carbonyl (C=O) groups is 1. The highest BCUT2D eigenvalue weighted by molar-refractivity contribution is 6.02. The Morgan fingerprint density at radius 2 is 2.13 bits per heavy atom. The maximum absolute atomic E-state index is 13.0. The molecule has 30 heavy (non-hydrogen) atoms. The normalized spacial score (nSPS) is 23.8. The third kappa shape index (κ3) is 3.33. The van der Waals surface area contributed by atoms with Crippen molar-refractivity contribution in [1.29, 1.82) is 5.26 Å². The van der Waals surface area contributed by atoms with Crippen molar-refractivity contribution in [3.05, 3.63) is 48.3 Å². The van der Waals surface area contributed by atoms with Crippen molar-refractivity contribution in [2.75, 3.05) is 30.0 Å². The number of aromatic nitrogens is 2. The molecule has 0 radical (unpaired) electrons. The van der Waals surface area contributed by atoms with Crippen molar-refractivity contribution in [3.63, 3.8) is 0 Å². The Kier molecular flexibility index (Phi) is 4.72. The average molecular weight is 401 g/mol. The molecule has 2 aromatic heterocycles. The molecular formula is C23H23N5O2. The third-order valence-corrected chi connectivity index (χ3v) is 6.24. The van der Waals surface area contributed by atoms with E-state index in [0.717, 1.165) is 37.1 Å². The molecule has 0 unspecified atom stereocenters. The Labute approximate surface area is 175 Å². The van der Waals surface area contributed by atoms with Gasteiger partial charge < -0.3 is 15.0 Å². The van der Waals surface area contributed by atoms with Crippen LogP contribution < -0.4 is 10.2 Å². The smallest absolute Gasteiger partial charge is 0.247 e. The quantitative estimate of drug-likeness (QED) is 0.822. The van der Waals surface area contributed by atoms with Crippen LogP contribution in [0.3, 0.4) is 0 Å². The lowest BCUT2D eigenvalue weighted by atomic mass is 9.83. The van der Waals surface area contributed by atoms with Gasteiger partial charge in [0.25, 0.3) is 0 Å². The second kappa shape index (κ2) is 7.54. The molecule has 1 amide bonds. The van der Waals surface area contributed by atoms with Gasteiger partial charge in [-0.25, -0.2) is 9.97 Å². The number of nitrogens with zero attached hydrogens (tertiary/aromatic N) is 4. The number of ether oxygens (including phenoxy) is 1. The molecule has 3 aliphatic rings. The van der Waals surface area contributed by atoms with Gasteiger partial charge in [-0.1, -0.05) is 6.08 Å². The fraction of sp³-hybridized carbons (Fsp3) is 0.391. The Morgan fingerprint density at radius 1 is 1.23 bits per heavy atom. The molecule has 1 saturated heterocycles. The summed E-state index contributed by atoms with van der Waals surface area (Å²) in [5.41, 5.74) is 2.28. The van der Waals surface area contributed by atoms with Gasteiger partial charge in [0.1, 0.15) is 17.1 Å². The highest BCUT2D eigenvalue weighted by Crippen LogP contribution is 2.51. The number of nitriles is 1. The summed E-state index contributed by atoms with van der Waals surface area (Å²) in [5, 5.41) is 12.9. The lowest BCUT2D eigenvalue weighted by Gasteiger charge is -2.21. The summed E-state index contributed by atoms with van der Waals surface area (Å²) < 4.78 is 5.36. The first kappa shape index (κ1) is 18.8. The Balaban J connectivity index is 1.32. The first-order chi connectivity index (χ1) is 14.7. The largest absolute Gasteiger partial charge is 0.377 e. The van der Waals surface area contributed by atoms with E-state index in [0.29, 0.717) is 31.2 Å². The van der Waals surface area contributed by atoms with E-state index in [9.17, 15) is 10.1 Å². The number of amides is 1. The Hall–Kier alpha value is -3.24. The van der Waals surface area contributed by atoms with E-state index >= 15 is 0 Å². The van der Waals surface area contributed by atoms with E-state index in [1.807, 2.05) is 30.5 Å². The minimum absolute atomic E-state index is 0.0723. The van der Waals surface area contributed by atoms with Gasteiger partial charge in [-0.3, -0.25) is 4.79 Å². The van der Waals surface area contributed by atoms with Crippen LogP contribution >= 0.6 is 0 Å². The van der Waals surface area contributed by atoms with Crippen LogP contribution in [0.25, 0.3) is 5.57 Å². The molecule has 1 aliphatic carbocycles. The van der Waals surface area contributed by atoms with E-state index in [-0.39, 0.29) is 11.8 Å². The fourth-order valence-corrected chi connectivity index (χ4v) is 4.37. The van der Waals surface area contributed by atoms with E-state index in [2.05, 4.69) is 27.4 Å². The van der Waals surface area contributed by atoms with Crippen LogP contribution in [0.4, 0.5) is 17.3 Å².